The lowest BCUT2D eigenvalue weighted by Crippen LogP contribution is -2.55. The van der Waals surface area contributed by atoms with E-state index >= 15 is 0 Å². The first-order valence-corrected chi connectivity index (χ1v) is 7.38. The van der Waals surface area contributed by atoms with Crippen molar-refractivity contribution in [2.24, 2.45) is 0 Å². The van der Waals surface area contributed by atoms with Gasteiger partial charge in [0, 0.05) is 18.7 Å². The minimum absolute atomic E-state index is 0.182. The number of carbonyl (C=O) groups is 1. The van der Waals surface area contributed by atoms with Gasteiger partial charge in [-0.1, -0.05) is 30.3 Å². The predicted molar refractivity (Wildman–Crippen MR) is 83.1 cm³/mol. The molecule has 0 saturated carbocycles. The number of benzene rings is 2. The van der Waals surface area contributed by atoms with Crippen LogP contribution in [-0.4, -0.2) is 30.6 Å². The Labute approximate surface area is 137 Å². The number of likely N-dealkylation sites (tertiary alicyclic amines) is 1. The van der Waals surface area contributed by atoms with E-state index in [0.717, 1.165) is 5.56 Å². The van der Waals surface area contributed by atoms with E-state index in [2.05, 4.69) is 0 Å². The number of carbonyl (C=O) groups excluding carboxylic acids is 1. The Hall–Kier alpha value is -2.67. The van der Waals surface area contributed by atoms with Crippen molar-refractivity contribution >= 4 is 12.2 Å². The third kappa shape index (κ3) is 3.16. The molecule has 3 rings (SSSR count). The van der Waals surface area contributed by atoms with Gasteiger partial charge in [-0.25, -0.2) is 4.39 Å². The normalized spacial score (nSPS) is 16.2. The molecule has 1 saturated heterocycles. The van der Waals surface area contributed by atoms with Crippen LogP contribution in [0.15, 0.2) is 42.5 Å². The monoisotopic (exact) mass is 334 g/mol. The molecule has 0 spiro atoms. The van der Waals surface area contributed by atoms with Gasteiger partial charge in [0.15, 0.2) is 17.8 Å². The van der Waals surface area contributed by atoms with Crippen LogP contribution in [0.1, 0.15) is 11.8 Å². The molecule has 0 aliphatic carbocycles. The Balaban J connectivity index is 1.64. The van der Waals surface area contributed by atoms with E-state index in [1.807, 2.05) is 35.2 Å². The summed E-state index contributed by atoms with van der Waals surface area (Å²) in [6.07, 6.45) is -0.861. The molecule has 7 heteroatoms. The standard InChI is InChI=1S/C17H16F2N2O3/c18-15-13(20)6-7-14(16(15)19)24-12-8-21(9-12)17(23-10-22)11-4-2-1-3-5-11/h1-7,10,12,17H,8-9,20H2. The molecule has 2 aromatic rings. The minimum atomic E-state index is -1.12. The van der Waals surface area contributed by atoms with Crippen molar-refractivity contribution in [1.82, 2.24) is 4.90 Å². The van der Waals surface area contributed by atoms with E-state index in [4.69, 9.17) is 15.2 Å². The molecule has 0 radical (unpaired) electrons. The molecule has 1 aliphatic heterocycles. The maximum atomic E-state index is 13.8. The molecule has 0 aromatic heterocycles. The zero-order valence-corrected chi connectivity index (χ0v) is 12.7. The van der Waals surface area contributed by atoms with Crippen LogP contribution < -0.4 is 10.5 Å². The summed E-state index contributed by atoms with van der Waals surface area (Å²) in [7, 11) is 0. The van der Waals surface area contributed by atoms with Gasteiger partial charge >= 0.3 is 0 Å². The number of hydrogen-bond donors (Lipinski definition) is 1. The fraction of sp³-hybridized carbons (Fsp3) is 0.235. The van der Waals surface area contributed by atoms with Crippen LogP contribution >= 0.6 is 0 Å². The van der Waals surface area contributed by atoms with Gasteiger partial charge in [-0.15, -0.1) is 0 Å². The van der Waals surface area contributed by atoms with Crippen molar-refractivity contribution in [3.63, 3.8) is 0 Å². The van der Waals surface area contributed by atoms with Crippen LogP contribution in [-0.2, 0) is 9.53 Å². The summed E-state index contributed by atoms with van der Waals surface area (Å²) in [6, 6.07) is 11.8. The number of nitrogens with two attached hydrogens (primary N) is 1. The summed E-state index contributed by atoms with van der Waals surface area (Å²) in [5.41, 5.74) is 5.86. The first kappa shape index (κ1) is 16.2. The number of anilines is 1. The summed E-state index contributed by atoms with van der Waals surface area (Å²) in [5.74, 6) is -2.40. The molecule has 1 aliphatic rings. The van der Waals surface area contributed by atoms with E-state index < -0.39 is 17.9 Å². The van der Waals surface area contributed by atoms with E-state index in [9.17, 15) is 13.6 Å². The maximum absolute atomic E-state index is 13.8. The second-order valence-corrected chi connectivity index (χ2v) is 5.47. The lowest BCUT2D eigenvalue weighted by atomic mass is 10.1. The quantitative estimate of drug-likeness (QED) is 0.649. The maximum Gasteiger partial charge on any atom is 0.294 e. The Morgan fingerprint density at radius 1 is 1.12 bits per heavy atom. The molecule has 1 fully saturated rings. The Bertz CT molecular complexity index is 721. The summed E-state index contributed by atoms with van der Waals surface area (Å²) < 4.78 is 37.8. The van der Waals surface area contributed by atoms with E-state index in [1.54, 1.807) is 0 Å². The molecule has 5 nitrogen and oxygen atoms in total. The molecule has 126 valence electrons. The number of halogens is 2. The van der Waals surface area contributed by atoms with Crippen LogP contribution in [0.3, 0.4) is 0 Å². The van der Waals surface area contributed by atoms with Crippen LogP contribution in [0.25, 0.3) is 0 Å². The fourth-order valence-electron chi connectivity index (χ4n) is 2.60. The average Bonchev–Trinajstić information content (AvgIpc) is 2.57. The molecule has 2 N–H and O–H groups in total. The highest BCUT2D eigenvalue weighted by Gasteiger charge is 2.36. The SMILES string of the molecule is Nc1ccc(OC2CN(C(OC=O)c3ccccc3)C2)c(F)c1F. The Morgan fingerprint density at radius 3 is 2.50 bits per heavy atom. The van der Waals surface area contributed by atoms with Gasteiger partial charge in [0.05, 0.1) is 5.69 Å². The van der Waals surface area contributed by atoms with Gasteiger partial charge in [0.25, 0.3) is 6.47 Å². The Kier molecular flexibility index (Phi) is 4.61. The number of ether oxygens (including phenoxy) is 2. The molecular formula is C17H16F2N2O3. The largest absolute Gasteiger partial charge is 0.485 e. The molecule has 1 heterocycles. The number of rotatable bonds is 6. The smallest absolute Gasteiger partial charge is 0.294 e. The molecule has 0 bridgehead atoms. The first-order chi connectivity index (χ1) is 11.6. The zero-order valence-electron chi connectivity index (χ0n) is 12.7. The van der Waals surface area contributed by atoms with Gasteiger partial charge < -0.3 is 15.2 Å². The van der Waals surface area contributed by atoms with Gasteiger partial charge in [0.2, 0.25) is 5.82 Å². The van der Waals surface area contributed by atoms with Crippen molar-refractivity contribution < 1.29 is 23.0 Å². The zero-order chi connectivity index (χ0) is 17.1. The second-order valence-electron chi connectivity index (χ2n) is 5.47. The highest BCUT2D eigenvalue weighted by atomic mass is 19.2. The molecule has 1 unspecified atom stereocenters. The molecule has 1 atom stereocenters. The number of hydrogen-bond acceptors (Lipinski definition) is 5. The van der Waals surface area contributed by atoms with E-state index in [-0.39, 0.29) is 17.5 Å². The first-order valence-electron chi connectivity index (χ1n) is 7.38. The summed E-state index contributed by atoms with van der Waals surface area (Å²) in [4.78, 5) is 12.6. The number of nitrogen functional groups attached to an aromatic ring is 1. The third-order valence-electron chi connectivity index (χ3n) is 3.85. The van der Waals surface area contributed by atoms with Gasteiger partial charge in [0.1, 0.15) is 6.10 Å². The summed E-state index contributed by atoms with van der Waals surface area (Å²) >= 11 is 0. The van der Waals surface area contributed by atoms with Crippen molar-refractivity contribution in [3.8, 4) is 5.75 Å². The average molecular weight is 334 g/mol. The molecular weight excluding hydrogens is 318 g/mol. The predicted octanol–water partition coefficient (Wildman–Crippen LogP) is 2.48. The number of nitrogens with zero attached hydrogens (tertiary/aromatic N) is 1. The third-order valence-corrected chi connectivity index (χ3v) is 3.85. The highest BCUT2D eigenvalue weighted by Crippen LogP contribution is 2.30. The lowest BCUT2D eigenvalue weighted by Gasteiger charge is -2.42. The molecule has 24 heavy (non-hydrogen) atoms. The van der Waals surface area contributed by atoms with E-state index in [1.165, 1.54) is 12.1 Å². The lowest BCUT2D eigenvalue weighted by molar-refractivity contribution is -0.156. The van der Waals surface area contributed by atoms with Crippen molar-refractivity contribution in [3.05, 3.63) is 59.7 Å². The second kappa shape index (κ2) is 6.84. The molecule has 2 aromatic carbocycles. The topological polar surface area (TPSA) is 64.8 Å². The van der Waals surface area contributed by atoms with E-state index in [0.29, 0.717) is 19.6 Å². The Morgan fingerprint density at radius 2 is 1.83 bits per heavy atom. The van der Waals surface area contributed by atoms with Crippen LogP contribution in [0.5, 0.6) is 5.75 Å². The van der Waals surface area contributed by atoms with Crippen LogP contribution in [0.4, 0.5) is 14.5 Å². The minimum Gasteiger partial charge on any atom is -0.485 e. The van der Waals surface area contributed by atoms with Crippen molar-refractivity contribution in [2.45, 2.75) is 12.3 Å². The van der Waals surface area contributed by atoms with Crippen molar-refractivity contribution in [1.29, 1.82) is 0 Å². The van der Waals surface area contributed by atoms with Gasteiger partial charge in [-0.3, -0.25) is 9.69 Å². The summed E-state index contributed by atoms with van der Waals surface area (Å²) in [6.45, 7) is 1.22. The fourth-order valence-corrected chi connectivity index (χ4v) is 2.60. The molecule has 0 amide bonds. The highest BCUT2D eigenvalue weighted by molar-refractivity contribution is 5.45. The van der Waals surface area contributed by atoms with Crippen LogP contribution in [0, 0.1) is 11.6 Å². The van der Waals surface area contributed by atoms with Crippen molar-refractivity contribution in [2.75, 3.05) is 18.8 Å². The van der Waals surface area contributed by atoms with Gasteiger partial charge in [-0.05, 0) is 12.1 Å². The van der Waals surface area contributed by atoms with Gasteiger partial charge in [-0.2, -0.15) is 4.39 Å². The summed E-state index contributed by atoms with van der Waals surface area (Å²) in [5, 5.41) is 0. The van der Waals surface area contributed by atoms with Crippen LogP contribution in [0.2, 0.25) is 0 Å².